The van der Waals surface area contributed by atoms with Crippen LogP contribution in [0.1, 0.15) is 41.5 Å². The van der Waals surface area contributed by atoms with Crippen molar-refractivity contribution in [2.45, 2.75) is 41.5 Å². The van der Waals surface area contributed by atoms with Crippen LogP contribution in [0.2, 0.25) is 0 Å². The van der Waals surface area contributed by atoms with Crippen LogP contribution in [0, 0.1) is 0 Å². The third kappa shape index (κ3) is 5.43. The van der Waals surface area contributed by atoms with Gasteiger partial charge in [0.25, 0.3) is 0 Å². The molecule has 3 aliphatic rings. The summed E-state index contributed by atoms with van der Waals surface area (Å²) in [5.41, 5.74) is 0. The number of halogens is 9. The fourth-order valence-electron chi connectivity index (χ4n) is 3.20. The second-order valence-corrected chi connectivity index (χ2v) is 11.0. The van der Waals surface area contributed by atoms with E-state index < -0.39 is 8.09 Å². The Labute approximate surface area is 211 Å². The van der Waals surface area contributed by atoms with Gasteiger partial charge in [-0.15, -0.1) is 0 Å². The Morgan fingerprint density at radius 1 is 0.500 bits per heavy atom. The molecule has 0 aromatic rings. The van der Waals surface area contributed by atoms with Crippen LogP contribution in [-0.4, -0.2) is 49.9 Å². The second kappa shape index (κ2) is 11.5. The zero-order valence-electron chi connectivity index (χ0n) is 17.3. The van der Waals surface area contributed by atoms with Crippen LogP contribution in [0.3, 0.4) is 0 Å². The molecule has 0 aliphatic carbocycles. The van der Waals surface area contributed by atoms with Gasteiger partial charge in [-0.3, -0.25) is 0 Å². The fraction of sp³-hybridized carbons (Fsp3) is 0.400. The summed E-state index contributed by atoms with van der Waals surface area (Å²) < 4.78 is 36.2. The molecule has 17 heteroatoms. The van der Waals surface area contributed by atoms with Crippen molar-refractivity contribution in [1.29, 1.82) is 0 Å². The SMILES string of the molecule is CC1=[O+][Si-2]23(OC(C)=C1Cl)(OC(C)=C(Cl)C(C)=[O+]2)OC(C)=C(Cl)C(C)=[O+]3.[F-].[F-].[F-].[F-].[F-].[F-].[Sb+5]. The van der Waals surface area contributed by atoms with Crippen molar-refractivity contribution in [1.82, 2.24) is 0 Å². The maximum Gasteiger partial charge on any atom is 5.00 e. The molecule has 0 atom stereocenters. The predicted octanol–water partition coefficient (Wildman–Crippen LogP) is -14.2. The van der Waals surface area contributed by atoms with Crippen molar-refractivity contribution < 1.29 is 53.8 Å². The number of hydrogen-bond acceptors (Lipinski definition) is 3. The van der Waals surface area contributed by atoms with E-state index >= 15 is 0 Å². The summed E-state index contributed by atoms with van der Waals surface area (Å²) in [4.78, 5) is 0. The van der Waals surface area contributed by atoms with Crippen LogP contribution in [-0.2, 0) is 25.6 Å². The maximum absolute atomic E-state index is 6.23. The Morgan fingerprint density at radius 3 is 0.844 bits per heavy atom. The van der Waals surface area contributed by atoms with E-state index in [2.05, 4.69) is 0 Å². The molecule has 6 nitrogen and oxygen atoms in total. The number of hydrogen-bond donors (Lipinski definition) is 0. The maximum atomic E-state index is 6.23. The number of ketones is 3. The van der Waals surface area contributed by atoms with Crippen LogP contribution in [0.15, 0.2) is 32.4 Å². The molecule has 0 N–H and O–H groups in total. The molecule has 3 heterocycles. The molecule has 0 bridgehead atoms. The van der Waals surface area contributed by atoms with Gasteiger partial charge < -0.3 is 28.2 Å². The smallest absolute Gasteiger partial charge is 1.00 e. The van der Waals surface area contributed by atoms with E-state index in [1.54, 1.807) is 41.5 Å². The van der Waals surface area contributed by atoms with E-state index in [-0.39, 0.29) is 102 Å². The summed E-state index contributed by atoms with van der Waals surface area (Å²) in [6.45, 7) is 9.74. The van der Waals surface area contributed by atoms with Gasteiger partial charge in [-0.2, -0.15) is 0 Å². The average Bonchev–Trinajstić information content (AvgIpc) is 2.48. The first kappa shape index (κ1) is 41.4. The van der Waals surface area contributed by atoms with Gasteiger partial charge in [0, 0.05) is 0 Å². The first-order chi connectivity index (χ1) is 11.4. The molecule has 0 unspecified atom stereocenters. The van der Waals surface area contributed by atoms with Crippen LogP contribution in [0.4, 0.5) is 0 Å². The summed E-state index contributed by atoms with van der Waals surface area (Å²) in [6, 6.07) is 0. The van der Waals surface area contributed by atoms with E-state index in [0.717, 1.165) is 0 Å². The molecule has 0 saturated carbocycles. The Kier molecular flexibility index (Phi) is 14.9. The molecular formula is C15H18Cl3F6O6SbSi. The predicted molar refractivity (Wildman–Crippen MR) is 102 cm³/mol. The van der Waals surface area contributed by atoms with E-state index in [1.165, 1.54) is 0 Å². The topological polar surface area (TPSA) is 61.6 Å². The standard InChI is InChI=1S/C15H18Cl3O6Si.6FH.Sb/c1-7-13(16)8(2)20-25(19-7,21-9(3)14(17)10(4)22-25)23-11(5)15(18)12(6)24-25;;;;;;;/h1-6H3;6*1H;/q+1;;;;;;;+5/p-6. The minimum Gasteiger partial charge on any atom is -1.00 e. The molecule has 0 radical (unpaired) electrons. The Hall–Kier alpha value is -0.885. The van der Waals surface area contributed by atoms with Gasteiger partial charge in [0.05, 0.1) is 0 Å². The third-order valence-corrected chi connectivity index (χ3v) is 9.96. The Morgan fingerprint density at radius 2 is 0.688 bits per heavy atom. The van der Waals surface area contributed by atoms with Crippen molar-refractivity contribution in [2.75, 3.05) is 0 Å². The van der Waals surface area contributed by atoms with Gasteiger partial charge in [0.1, 0.15) is 0 Å². The first-order valence-electron chi connectivity index (χ1n) is 7.52. The van der Waals surface area contributed by atoms with Crippen LogP contribution >= 0.6 is 34.8 Å². The molecule has 0 aromatic carbocycles. The monoisotopic (exact) mass is 662 g/mol. The fourth-order valence-corrected chi connectivity index (χ4v) is 8.81. The summed E-state index contributed by atoms with van der Waals surface area (Å²) in [6.07, 6.45) is 0. The molecule has 0 fully saturated rings. The first-order valence-corrected chi connectivity index (χ1v) is 11.1. The molecule has 0 saturated heterocycles. The zero-order chi connectivity index (χ0) is 18.8. The minimum absolute atomic E-state index is 0. The van der Waals surface area contributed by atoms with Crippen LogP contribution in [0.5, 0.6) is 0 Å². The van der Waals surface area contributed by atoms with E-state index in [4.69, 9.17) is 60.4 Å². The molecule has 0 amide bonds. The van der Waals surface area contributed by atoms with Gasteiger partial charge in [-0.1, -0.05) is 0 Å². The second-order valence-electron chi connectivity index (χ2n) is 6.14. The van der Waals surface area contributed by atoms with Crippen molar-refractivity contribution >= 4 is 84.7 Å². The zero-order valence-corrected chi connectivity index (χ0v) is 23.1. The largest absolute Gasteiger partial charge is 5.00 e. The summed E-state index contributed by atoms with van der Waals surface area (Å²) in [5, 5.41) is 0.757. The Bertz CT molecular complexity index is 825. The van der Waals surface area contributed by atoms with E-state index in [1.807, 2.05) is 0 Å². The third-order valence-electron chi connectivity index (χ3n) is 4.02. The van der Waals surface area contributed by atoms with E-state index in [9.17, 15) is 0 Å². The minimum atomic E-state index is -6.13. The van der Waals surface area contributed by atoms with Crippen molar-refractivity contribution in [3.8, 4) is 0 Å². The molecular weight excluding hydrogens is 646 g/mol. The normalized spacial score (nSPS) is 23.0. The van der Waals surface area contributed by atoms with Gasteiger partial charge in [-0.05, 0) is 0 Å². The summed E-state index contributed by atoms with van der Waals surface area (Å²) >= 11 is 18.7. The number of carbonyl (C=O) groups excluding carboxylic acids is 3. The number of rotatable bonds is 0. The van der Waals surface area contributed by atoms with Gasteiger partial charge in [0.2, 0.25) is 0 Å². The van der Waals surface area contributed by atoms with Crippen LogP contribution < -0.4 is 28.2 Å². The van der Waals surface area contributed by atoms with E-state index in [0.29, 0.717) is 0 Å². The number of allylic oxidation sites excluding steroid dienone is 6. The van der Waals surface area contributed by atoms with Gasteiger partial charge >= 0.3 is 184 Å². The van der Waals surface area contributed by atoms with Crippen molar-refractivity contribution in [2.24, 2.45) is 0 Å². The Balaban J connectivity index is -0.000000347. The molecule has 1 spiro atoms. The van der Waals surface area contributed by atoms with Gasteiger partial charge in [-0.25, -0.2) is 0 Å². The molecule has 3 rings (SSSR count). The molecule has 32 heavy (non-hydrogen) atoms. The van der Waals surface area contributed by atoms with Crippen LogP contribution in [0.25, 0.3) is 0 Å². The summed E-state index contributed by atoms with van der Waals surface area (Å²) in [7, 11) is -6.13. The van der Waals surface area contributed by atoms with Gasteiger partial charge in [0.15, 0.2) is 0 Å². The molecule has 3 aliphatic heterocycles. The molecule has 0 aromatic heterocycles. The van der Waals surface area contributed by atoms with Crippen molar-refractivity contribution in [3.63, 3.8) is 0 Å². The summed E-state index contributed by atoms with van der Waals surface area (Å²) in [5.74, 6) is 1.54. The average molecular weight is 664 g/mol. The quantitative estimate of drug-likeness (QED) is 0.147. The molecule has 186 valence electrons. The van der Waals surface area contributed by atoms with Crippen molar-refractivity contribution in [3.05, 3.63) is 32.4 Å².